The number of carbonyl (C=O) groups excluding carboxylic acids is 1. The summed E-state index contributed by atoms with van der Waals surface area (Å²) in [4.78, 5) is 26.8. The molecular formula is C17H18ClFN2O3. The fourth-order valence-corrected chi connectivity index (χ4v) is 2.20. The fraction of sp³-hybridized carbons (Fsp3) is 0.294. The Morgan fingerprint density at radius 1 is 1.42 bits per heavy atom. The Hall–Kier alpha value is -2.34. The number of rotatable bonds is 6. The molecule has 0 fully saturated rings. The van der Waals surface area contributed by atoms with Crippen LogP contribution in [-0.2, 0) is 6.54 Å². The number of pyridine rings is 1. The molecule has 0 bridgehead atoms. The first-order valence-electron chi connectivity index (χ1n) is 7.45. The summed E-state index contributed by atoms with van der Waals surface area (Å²) >= 11 is 5.84. The van der Waals surface area contributed by atoms with Gasteiger partial charge in [-0.3, -0.25) is 9.59 Å². The summed E-state index contributed by atoms with van der Waals surface area (Å²) in [5, 5.41) is 2.55. The Bertz CT molecular complexity index is 769. The molecule has 1 aromatic heterocycles. The third-order valence-corrected chi connectivity index (χ3v) is 3.45. The zero-order valence-electron chi connectivity index (χ0n) is 13.4. The number of nitrogens with one attached hydrogen (secondary N) is 2. The molecule has 2 rings (SSSR count). The van der Waals surface area contributed by atoms with Gasteiger partial charge in [-0.15, -0.1) is 0 Å². The van der Waals surface area contributed by atoms with Gasteiger partial charge in [0, 0.05) is 18.0 Å². The predicted molar refractivity (Wildman–Crippen MR) is 90.0 cm³/mol. The Labute approximate surface area is 143 Å². The standard InChI is InChI=1S/C17H18ClFN2O3/c1-10(2)9-24-15-8-20-11(6-14(15)22)7-21-17(23)16-12(18)4-3-5-13(16)19/h3-6,8,10H,7,9H2,1-2H3,(H,20,22)(H,21,23). The molecule has 0 saturated heterocycles. The molecule has 1 aromatic carbocycles. The van der Waals surface area contributed by atoms with E-state index in [1.807, 2.05) is 13.8 Å². The molecule has 7 heteroatoms. The average molecular weight is 353 g/mol. The van der Waals surface area contributed by atoms with Gasteiger partial charge in [-0.1, -0.05) is 31.5 Å². The minimum absolute atomic E-state index is 0.0263. The Morgan fingerprint density at radius 2 is 2.17 bits per heavy atom. The van der Waals surface area contributed by atoms with Gasteiger partial charge in [0.2, 0.25) is 5.43 Å². The van der Waals surface area contributed by atoms with E-state index in [9.17, 15) is 14.0 Å². The van der Waals surface area contributed by atoms with Gasteiger partial charge in [0.25, 0.3) is 5.91 Å². The lowest BCUT2D eigenvalue weighted by Crippen LogP contribution is -2.25. The van der Waals surface area contributed by atoms with Crippen LogP contribution in [0.2, 0.25) is 5.02 Å². The maximum atomic E-state index is 13.7. The van der Waals surface area contributed by atoms with Crippen molar-refractivity contribution in [2.45, 2.75) is 20.4 Å². The van der Waals surface area contributed by atoms with E-state index in [-0.39, 0.29) is 28.3 Å². The zero-order chi connectivity index (χ0) is 17.7. The van der Waals surface area contributed by atoms with Crippen molar-refractivity contribution in [3.05, 3.63) is 62.8 Å². The van der Waals surface area contributed by atoms with Crippen LogP contribution >= 0.6 is 11.6 Å². The Kier molecular flexibility index (Phi) is 5.98. The lowest BCUT2D eigenvalue weighted by Gasteiger charge is -2.10. The van der Waals surface area contributed by atoms with E-state index in [1.54, 1.807) is 0 Å². The van der Waals surface area contributed by atoms with Gasteiger partial charge in [0.1, 0.15) is 5.82 Å². The van der Waals surface area contributed by atoms with Crippen LogP contribution in [0.25, 0.3) is 0 Å². The topological polar surface area (TPSA) is 71.2 Å². The predicted octanol–water partition coefficient (Wildman–Crippen LogP) is 3.13. The van der Waals surface area contributed by atoms with Crippen molar-refractivity contribution < 1.29 is 13.9 Å². The van der Waals surface area contributed by atoms with Crippen molar-refractivity contribution in [3.63, 3.8) is 0 Å². The fourth-order valence-electron chi connectivity index (χ4n) is 1.95. The van der Waals surface area contributed by atoms with Gasteiger partial charge in [-0.2, -0.15) is 0 Å². The lowest BCUT2D eigenvalue weighted by molar-refractivity contribution is 0.0946. The average Bonchev–Trinajstić information content (AvgIpc) is 2.51. The highest BCUT2D eigenvalue weighted by molar-refractivity contribution is 6.33. The molecule has 0 aliphatic rings. The molecule has 0 atom stereocenters. The molecule has 0 aliphatic heterocycles. The number of benzene rings is 1. The molecule has 0 unspecified atom stereocenters. The van der Waals surface area contributed by atoms with Crippen molar-refractivity contribution in [1.29, 1.82) is 0 Å². The highest BCUT2D eigenvalue weighted by atomic mass is 35.5. The van der Waals surface area contributed by atoms with Crippen LogP contribution in [0, 0.1) is 11.7 Å². The third-order valence-electron chi connectivity index (χ3n) is 3.14. The Morgan fingerprint density at radius 3 is 2.79 bits per heavy atom. The molecule has 0 spiro atoms. The van der Waals surface area contributed by atoms with E-state index in [0.717, 1.165) is 6.07 Å². The van der Waals surface area contributed by atoms with Gasteiger partial charge < -0.3 is 15.0 Å². The summed E-state index contributed by atoms with van der Waals surface area (Å²) < 4.78 is 19.1. The minimum atomic E-state index is -0.703. The van der Waals surface area contributed by atoms with Crippen molar-refractivity contribution in [2.75, 3.05) is 6.61 Å². The summed E-state index contributed by atoms with van der Waals surface area (Å²) in [5.41, 5.74) is -0.0429. The largest absolute Gasteiger partial charge is 0.488 e. The summed E-state index contributed by atoms with van der Waals surface area (Å²) in [6.45, 7) is 4.42. The van der Waals surface area contributed by atoms with Crippen molar-refractivity contribution in [1.82, 2.24) is 10.3 Å². The molecule has 0 saturated carbocycles. The number of hydrogen-bond acceptors (Lipinski definition) is 3. The Balaban J connectivity index is 2.03. The quantitative estimate of drug-likeness (QED) is 0.839. The molecule has 128 valence electrons. The molecule has 1 amide bonds. The van der Waals surface area contributed by atoms with Crippen LogP contribution < -0.4 is 15.5 Å². The van der Waals surface area contributed by atoms with E-state index in [2.05, 4.69) is 10.3 Å². The summed E-state index contributed by atoms with van der Waals surface area (Å²) in [6, 6.07) is 5.34. The molecule has 1 heterocycles. The summed E-state index contributed by atoms with van der Waals surface area (Å²) in [5.74, 6) is -0.838. The molecule has 0 radical (unpaired) electrons. The lowest BCUT2D eigenvalue weighted by atomic mass is 10.2. The van der Waals surface area contributed by atoms with Crippen molar-refractivity contribution in [2.24, 2.45) is 5.92 Å². The number of H-pyrrole nitrogens is 1. The number of aromatic nitrogens is 1. The van der Waals surface area contributed by atoms with Crippen LogP contribution in [0.1, 0.15) is 29.9 Å². The second-order valence-corrected chi connectivity index (χ2v) is 6.08. The third kappa shape index (κ3) is 4.58. The summed E-state index contributed by atoms with van der Waals surface area (Å²) in [6.07, 6.45) is 1.45. The van der Waals surface area contributed by atoms with Crippen molar-refractivity contribution >= 4 is 17.5 Å². The van der Waals surface area contributed by atoms with Gasteiger partial charge >= 0.3 is 0 Å². The first kappa shape index (κ1) is 18.0. The SMILES string of the molecule is CC(C)COc1c[nH]c(CNC(=O)c2c(F)cccc2Cl)cc1=O. The second-order valence-electron chi connectivity index (χ2n) is 5.67. The number of halogens is 2. The van der Waals surface area contributed by atoms with E-state index in [4.69, 9.17) is 16.3 Å². The van der Waals surface area contributed by atoms with Gasteiger partial charge in [0.15, 0.2) is 5.75 Å². The molecule has 5 nitrogen and oxygen atoms in total. The van der Waals surface area contributed by atoms with Crippen molar-refractivity contribution in [3.8, 4) is 5.75 Å². The second kappa shape index (κ2) is 7.97. The maximum Gasteiger partial charge on any atom is 0.256 e. The van der Waals surface area contributed by atoms with E-state index in [1.165, 1.54) is 24.4 Å². The van der Waals surface area contributed by atoms with Gasteiger partial charge in [0.05, 0.1) is 23.7 Å². The van der Waals surface area contributed by atoms with E-state index < -0.39 is 11.7 Å². The normalized spacial score (nSPS) is 10.7. The number of aromatic amines is 1. The van der Waals surface area contributed by atoms with E-state index in [0.29, 0.717) is 18.2 Å². The van der Waals surface area contributed by atoms with Crippen LogP contribution in [0.15, 0.2) is 35.3 Å². The zero-order valence-corrected chi connectivity index (χ0v) is 14.1. The van der Waals surface area contributed by atoms with Gasteiger partial charge in [-0.05, 0) is 18.1 Å². The number of ether oxygens (including phenoxy) is 1. The maximum absolute atomic E-state index is 13.7. The minimum Gasteiger partial charge on any atom is -0.488 e. The number of carbonyl (C=O) groups is 1. The van der Waals surface area contributed by atoms with Gasteiger partial charge in [-0.25, -0.2) is 4.39 Å². The number of amides is 1. The van der Waals surface area contributed by atoms with E-state index >= 15 is 0 Å². The molecule has 2 aromatic rings. The smallest absolute Gasteiger partial charge is 0.256 e. The highest BCUT2D eigenvalue weighted by Crippen LogP contribution is 2.18. The highest BCUT2D eigenvalue weighted by Gasteiger charge is 2.15. The van der Waals surface area contributed by atoms with Crippen LogP contribution in [0.5, 0.6) is 5.75 Å². The number of hydrogen-bond donors (Lipinski definition) is 2. The van der Waals surface area contributed by atoms with Crippen LogP contribution in [-0.4, -0.2) is 17.5 Å². The molecule has 0 aliphatic carbocycles. The molecular weight excluding hydrogens is 335 g/mol. The molecule has 2 N–H and O–H groups in total. The monoisotopic (exact) mass is 352 g/mol. The molecule has 24 heavy (non-hydrogen) atoms. The first-order valence-corrected chi connectivity index (χ1v) is 7.83. The summed E-state index contributed by atoms with van der Waals surface area (Å²) in [7, 11) is 0. The van der Waals surface area contributed by atoms with Crippen LogP contribution in [0.4, 0.5) is 4.39 Å². The first-order chi connectivity index (χ1) is 11.4. The van der Waals surface area contributed by atoms with Crippen LogP contribution in [0.3, 0.4) is 0 Å².